The molecular weight excluding hydrogens is 243 g/mol. The SMILES string of the molecule is NNC(Cc1cccc(F)c1Cl)c1ccoc1. The number of halogens is 2. The number of benzene rings is 1. The normalized spacial score (nSPS) is 12.6. The summed E-state index contributed by atoms with van der Waals surface area (Å²) in [6, 6.07) is 6.37. The van der Waals surface area contributed by atoms with Gasteiger partial charge in [0.05, 0.1) is 23.6 Å². The zero-order valence-electron chi connectivity index (χ0n) is 8.99. The van der Waals surface area contributed by atoms with Gasteiger partial charge in [-0.05, 0) is 24.1 Å². The molecule has 1 atom stereocenters. The van der Waals surface area contributed by atoms with E-state index in [1.54, 1.807) is 30.7 Å². The van der Waals surface area contributed by atoms with Crippen LogP contribution in [0.5, 0.6) is 0 Å². The first kappa shape index (κ1) is 12.1. The van der Waals surface area contributed by atoms with E-state index in [2.05, 4.69) is 5.43 Å². The average molecular weight is 255 g/mol. The predicted octanol–water partition coefficient (Wildman–Crippen LogP) is 2.82. The van der Waals surface area contributed by atoms with E-state index in [-0.39, 0.29) is 11.1 Å². The molecule has 0 radical (unpaired) electrons. The maximum Gasteiger partial charge on any atom is 0.142 e. The van der Waals surface area contributed by atoms with Gasteiger partial charge in [-0.15, -0.1) is 0 Å². The first-order valence-electron chi connectivity index (χ1n) is 5.13. The van der Waals surface area contributed by atoms with Gasteiger partial charge in [-0.1, -0.05) is 23.7 Å². The Morgan fingerprint density at radius 3 is 2.88 bits per heavy atom. The van der Waals surface area contributed by atoms with Crippen LogP contribution in [0.2, 0.25) is 5.02 Å². The summed E-state index contributed by atoms with van der Waals surface area (Å²) in [5.41, 5.74) is 4.26. The van der Waals surface area contributed by atoms with Crippen LogP contribution >= 0.6 is 11.6 Å². The summed E-state index contributed by atoms with van der Waals surface area (Å²) in [7, 11) is 0. The number of nitrogens with one attached hydrogen (secondary N) is 1. The zero-order valence-corrected chi connectivity index (χ0v) is 9.75. The Kier molecular flexibility index (Phi) is 3.78. The predicted molar refractivity (Wildman–Crippen MR) is 63.9 cm³/mol. The molecule has 0 amide bonds. The number of nitrogens with two attached hydrogens (primary N) is 1. The van der Waals surface area contributed by atoms with Crippen molar-refractivity contribution in [2.45, 2.75) is 12.5 Å². The van der Waals surface area contributed by atoms with E-state index in [1.807, 2.05) is 0 Å². The van der Waals surface area contributed by atoms with Crippen molar-refractivity contribution in [2.24, 2.45) is 5.84 Å². The van der Waals surface area contributed by atoms with Crippen LogP contribution in [0.3, 0.4) is 0 Å². The lowest BCUT2D eigenvalue weighted by molar-refractivity contribution is 0.524. The molecule has 0 aliphatic rings. The maximum atomic E-state index is 13.3. The number of furan rings is 1. The molecule has 2 rings (SSSR count). The highest BCUT2D eigenvalue weighted by atomic mass is 35.5. The van der Waals surface area contributed by atoms with E-state index < -0.39 is 5.82 Å². The lowest BCUT2D eigenvalue weighted by atomic mass is 10.0. The Morgan fingerprint density at radius 1 is 1.41 bits per heavy atom. The molecular formula is C12H12ClFN2O. The van der Waals surface area contributed by atoms with Gasteiger partial charge in [-0.25, -0.2) is 4.39 Å². The minimum atomic E-state index is -0.424. The van der Waals surface area contributed by atoms with Gasteiger partial charge in [0.15, 0.2) is 0 Å². The third-order valence-corrected chi connectivity index (χ3v) is 3.03. The lowest BCUT2D eigenvalue weighted by Gasteiger charge is -2.15. The fourth-order valence-electron chi connectivity index (χ4n) is 1.67. The van der Waals surface area contributed by atoms with Crippen molar-refractivity contribution in [1.82, 2.24) is 5.43 Å². The minimum absolute atomic E-state index is 0.135. The van der Waals surface area contributed by atoms with Crippen molar-refractivity contribution in [3.63, 3.8) is 0 Å². The molecule has 90 valence electrons. The monoisotopic (exact) mass is 254 g/mol. The van der Waals surface area contributed by atoms with Crippen LogP contribution < -0.4 is 11.3 Å². The second kappa shape index (κ2) is 5.31. The molecule has 0 fully saturated rings. The summed E-state index contributed by atoms with van der Waals surface area (Å²) in [4.78, 5) is 0. The molecule has 0 saturated heterocycles. The second-order valence-electron chi connectivity index (χ2n) is 3.69. The molecule has 3 nitrogen and oxygen atoms in total. The van der Waals surface area contributed by atoms with Crippen LogP contribution in [-0.2, 0) is 6.42 Å². The van der Waals surface area contributed by atoms with E-state index in [9.17, 15) is 4.39 Å². The molecule has 0 aliphatic carbocycles. The molecule has 0 saturated carbocycles. The van der Waals surface area contributed by atoms with E-state index in [0.29, 0.717) is 12.0 Å². The highest BCUT2D eigenvalue weighted by molar-refractivity contribution is 6.31. The van der Waals surface area contributed by atoms with Crippen LogP contribution in [0, 0.1) is 5.82 Å². The Labute approximate surface area is 103 Å². The van der Waals surface area contributed by atoms with Crippen molar-refractivity contribution in [1.29, 1.82) is 0 Å². The van der Waals surface area contributed by atoms with E-state index in [4.69, 9.17) is 21.9 Å². The molecule has 5 heteroatoms. The largest absolute Gasteiger partial charge is 0.472 e. The van der Waals surface area contributed by atoms with Crippen molar-refractivity contribution >= 4 is 11.6 Å². The van der Waals surface area contributed by atoms with Crippen LogP contribution in [-0.4, -0.2) is 0 Å². The molecule has 1 heterocycles. The zero-order chi connectivity index (χ0) is 12.3. The Hall–Kier alpha value is -1.36. The summed E-state index contributed by atoms with van der Waals surface area (Å²) < 4.78 is 18.3. The molecule has 1 aromatic carbocycles. The summed E-state index contributed by atoms with van der Waals surface area (Å²) in [5.74, 6) is 5.05. The molecule has 17 heavy (non-hydrogen) atoms. The van der Waals surface area contributed by atoms with Crippen LogP contribution in [0.15, 0.2) is 41.2 Å². The Bertz CT molecular complexity index is 487. The fraction of sp³-hybridized carbons (Fsp3) is 0.167. The Balaban J connectivity index is 2.22. The number of hydrogen-bond acceptors (Lipinski definition) is 3. The van der Waals surface area contributed by atoms with Gasteiger partial charge in [0.2, 0.25) is 0 Å². The van der Waals surface area contributed by atoms with Crippen LogP contribution in [0.4, 0.5) is 4.39 Å². The molecule has 2 aromatic rings. The molecule has 0 aliphatic heterocycles. The van der Waals surface area contributed by atoms with Crippen molar-refractivity contribution in [2.75, 3.05) is 0 Å². The van der Waals surface area contributed by atoms with Gasteiger partial charge in [0.25, 0.3) is 0 Å². The first-order chi connectivity index (χ1) is 8.22. The quantitative estimate of drug-likeness (QED) is 0.652. The molecule has 1 unspecified atom stereocenters. The van der Waals surface area contributed by atoms with Gasteiger partial charge in [0.1, 0.15) is 5.82 Å². The van der Waals surface area contributed by atoms with Gasteiger partial charge in [-0.2, -0.15) is 0 Å². The lowest BCUT2D eigenvalue weighted by Crippen LogP contribution is -2.29. The Morgan fingerprint density at radius 2 is 2.24 bits per heavy atom. The average Bonchev–Trinajstić information content (AvgIpc) is 2.85. The van der Waals surface area contributed by atoms with Gasteiger partial charge in [-0.3, -0.25) is 11.3 Å². The van der Waals surface area contributed by atoms with Gasteiger partial charge >= 0.3 is 0 Å². The first-order valence-corrected chi connectivity index (χ1v) is 5.51. The van der Waals surface area contributed by atoms with E-state index in [0.717, 1.165) is 5.56 Å². The summed E-state index contributed by atoms with van der Waals surface area (Å²) in [6.07, 6.45) is 3.65. The summed E-state index contributed by atoms with van der Waals surface area (Å²) in [5, 5.41) is 0.135. The molecule has 1 aromatic heterocycles. The number of hydrazine groups is 1. The third-order valence-electron chi connectivity index (χ3n) is 2.60. The molecule has 3 N–H and O–H groups in total. The standard InChI is InChI=1S/C12H12ClFN2O/c13-12-8(2-1-3-10(12)14)6-11(16-15)9-4-5-17-7-9/h1-5,7,11,16H,6,15H2. The minimum Gasteiger partial charge on any atom is -0.472 e. The van der Waals surface area contributed by atoms with Crippen molar-refractivity contribution < 1.29 is 8.81 Å². The second-order valence-corrected chi connectivity index (χ2v) is 4.07. The summed E-state index contributed by atoms with van der Waals surface area (Å²) >= 11 is 5.89. The van der Waals surface area contributed by atoms with Crippen LogP contribution in [0.25, 0.3) is 0 Å². The smallest absolute Gasteiger partial charge is 0.142 e. The fourth-order valence-corrected chi connectivity index (χ4v) is 1.88. The van der Waals surface area contributed by atoms with Crippen molar-refractivity contribution in [3.8, 4) is 0 Å². The third kappa shape index (κ3) is 2.66. The number of hydrogen-bond donors (Lipinski definition) is 2. The van der Waals surface area contributed by atoms with Gasteiger partial charge in [0, 0.05) is 5.56 Å². The van der Waals surface area contributed by atoms with Crippen LogP contribution in [0.1, 0.15) is 17.2 Å². The maximum absolute atomic E-state index is 13.3. The van der Waals surface area contributed by atoms with E-state index in [1.165, 1.54) is 6.07 Å². The highest BCUT2D eigenvalue weighted by Gasteiger charge is 2.15. The number of rotatable bonds is 4. The van der Waals surface area contributed by atoms with Gasteiger partial charge < -0.3 is 4.42 Å². The van der Waals surface area contributed by atoms with Crippen molar-refractivity contribution in [3.05, 3.63) is 58.8 Å². The van der Waals surface area contributed by atoms with E-state index >= 15 is 0 Å². The topological polar surface area (TPSA) is 51.2 Å². The summed E-state index contributed by atoms with van der Waals surface area (Å²) in [6.45, 7) is 0. The highest BCUT2D eigenvalue weighted by Crippen LogP contribution is 2.25. The molecule has 0 spiro atoms. The molecule has 0 bridgehead atoms.